The van der Waals surface area contributed by atoms with Gasteiger partial charge in [-0.1, -0.05) is 30.7 Å². The second-order valence-corrected chi connectivity index (χ2v) is 11.6. The number of allylic oxidation sites excluding steroid dienone is 1. The van der Waals surface area contributed by atoms with Crippen LogP contribution in [-0.2, 0) is 16.4 Å². The third-order valence-corrected chi connectivity index (χ3v) is 8.38. The van der Waals surface area contributed by atoms with E-state index in [2.05, 4.69) is 14.9 Å². The lowest BCUT2D eigenvalue weighted by atomic mass is 9.95. The van der Waals surface area contributed by atoms with E-state index in [1.165, 1.54) is 6.07 Å². The molecule has 0 radical (unpaired) electrons. The van der Waals surface area contributed by atoms with Crippen LogP contribution in [0.25, 0.3) is 17.0 Å². The fourth-order valence-corrected chi connectivity index (χ4v) is 6.28. The number of nitrogens with two attached hydrogens (primary N) is 1. The number of sulfonamides is 1. The topological polar surface area (TPSA) is 114 Å². The van der Waals surface area contributed by atoms with Crippen LogP contribution in [0, 0.1) is 5.82 Å². The molecule has 0 aliphatic carbocycles. The van der Waals surface area contributed by atoms with E-state index in [-0.39, 0.29) is 40.8 Å². The Labute approximate surface area is 222 Å². The van der Waals surface area contributed by atoms with Gasteiger partial charge in [-0.15, -0.1) is 10.2 Å². The summed E-state index contributed by atoms with van der Waals surface area (Å²) in [5, 5.41) is 8.40. The lowest BCUT2D eigenvalue weighted by molar-refractivity contribution is -0.0732. The zero-order chi connectivity index (χ0) is 27.2. The van der Waals surface area contributed by atoms with Crippen LogP contribution >= 0.6 is 11.6 Å². The van der Waals surface area contributed by atoms with Crippen LogP contribution in [-0.4, -0.2) is 55.2 Å². The van der Waals surface area contributed by atoms with Crippen molar-refractivity contribution in [2.45, 2.75) is 42.7 Å². The molecule has 1 saturated heterocycles. The van der Waals surface area contributed by atoms with Gasteiger partial charge >= 0.3 is 0 Å². The van der Waals surface area contributed by atoms with Gasteiger partial charge in [-0.2, -0.15) is 4.72 Å². The lowest BCUT2D eigenvalue weighted by Crippen LogP contribution is -2.46. The van der Waals surface area contributed by atoms with Crippen LogP contribution in [0.3, 0.4) is 0 Å². The van der Waals surface area contributed by atoms with Gasteiger partial charge in [-0.3, -0.25) is 4.90 Å². The number of nitrogens with zero attached hydrogens (tertiary/aromatic N) is 3. The fraction of sp³-hybridized carbons (Fsp3) is 0.360. The quantitative estimate of drug-likeness (QED) is 0.475. The molecule has 0 spiro atoms. The largest absolute Gasteiger partial charge is 0.420 e. The van der Waals surface area contributed by atoms with Gasteiger partial charge in [0, 0.05) is 18.0 Å². The Hall–Kier alpha value is -2.77. The van der Waals surface area contributed by atoms with E-state index in [0.29, 0.717) is 23.7 Å². The molecule has 2 aliphatic rings. The monoisotopic (exact) mass is 567 g/mol. The Morgan fingerprint density at radius 2 is 1.95 bits per heavy atom. The number of piperidine rings is 1. The summed E-state index contributed by atoms with van der Waals surface area (Å²) in [6.45, 7) is 2.16. The molecular formula is C25H25ClF3N5O3S. The highest BCUT2D eigenvalue weighted by Gasteiger charge is 2.42. The normalized spacial score (nSPS) is 22.9. The average molecular weight is 568 g/mol. The summed E-state index contributed by atoms with van der Waals surface area (Å²) in [6.07, 6.45) is 0.306. The maximum absolute atomic E-state index is 15.3. The minimum Gasteiger partial charge on any atom is -0.420 e. The van der Waals surface area contributed by atoms with Crippen LogP contribution in [0.15, 0.2) is 51.8 Å². The SMILES string of the molecule is CCN1CC(c2nnc(-c3cc4c(cc3F)S(=O)(=O)N[C@@H](N)C=C4Cc3ccc(Cl)cc3)o2)CC(F)(F)C1. The molecule has 0 amide bonds. The number of aromatic nitrogens is 2. The lowest BCUT2D eigenvalue weighted by Gasteiger charge is -2.35. The third kappa shape index (κ3) is 5.50. The number of halogens is 4. The highest BCUT2D eigenvalue weighted by atomic mass is 35.5. The van der Waals surface area contributed by atoms with Crippen molar-refractivity contribution in [3.05, 3.63) is 70.3 Å². The van der Waals surface area contributed by atoms with Crippen LogP contribution in [0.1, 0.15) is 36.3 Å². The Morgan fingerprint density at radius 1 is 1.21 bits per heavy atom. The van der Waals surface area contributed by atoms with Crippen molar-refractivity contribution in [2.24, 2.45) is 5.73 Å². The maximum Gasteiger partial charge on any atom is 0.261 e. The van der Waals surface area contributed by atoms with Gasteiger partial charge < -0.3 is 10.2 Å². The molecule has 13 heteroatoms. The first-order chi connectivity index (χ1) is 17.9. The van der Waals surface area contributed by atoms with Crippen molar-refractivity contribution < 1.29 is 26.0 Å². The first-order valence-electron chi connectivity index (χ1n) is 11.9. The summed E-state index contributed by atoms with van der Waals surface area (Å²) < 4.78 is 77.7. The van der Waals surface area contributed by atoms with Gasteiger partial charge in [0.1, 0.15) is 5.82 Å². The molecule has 1 fully saturated rings. The summed E-state index contributed by atoms with van der Waals surface area (Å²) in [4.78, 5) is 1.30. The summed E-state index contributed by atoms with van der Waals surface area (Å²) >= 11 is 5.99. The zero-order valence-corrected chi connectivity index (χ0v) is 21.9. The number of alkyl halides is 2. The highest BCUT2D eigenvalue weighted by molar-refractivity contribution is 7.89. The van der Waals surface area contributed by atoms with E-state index in [1.807, 2.05) is 0 Å². The number of fused-ring (bicyclic) bond motifs is 1. The molecule has 2 aliphatic heterocycles. The number of likely N-dealkylation sites (N-methyl/N-ethyl adjacent to an activating group) is 1. The van der Waals surface area contributed by atoms with Crippen LogP contribution < -0.4 is 10.5 Å². The maximum atomic E-state index is 15.3. The average Bonchev–Trinajstić information content (AvgIpc) is 3.30. The minimum atomic E-state index is -4.16. The highest BCUT2D eigenvalue weighted by Crippen LogP contribution is 2.38. The van der Waals surface area contributed by atoms with E-state index in [9.17, 15) is 17.2 Å². The second-order valence-electron chi connectivity index (χ2n) is 9.50. The van der Waals surface area contributed by atoms with E-state index in [1.54, 1.807) is 42.2 Å². The van der Waals surface area contributed by atoms with Crippen molar-refractivity contribution >= 4 is 27.2 Å². The van der Waals surface area contributed by atoms with E-state index >= 15 is 4.39 Å². The van der Waals surface area contributed by atoms with Crippen molar-refractivity contribution in [2.75, 3.05) is 19.6 Å². The smallest absolute Gasteiger partial charge is 0.261 e. The molecule has 3 heterocycles. The van der Waals surface area contributed by atoms with E-state index < -0.39 is 40.3 Å². The Kier molecular flexibility index (Phi) is 7.12. The number of rotatable bonds is 5. The molecule has 0 saturated carbocycles. The zero-order valence-electron chi connectivity index (χ0n) is 20.3. The molecular weight excluding hydrogens is 543 g/mol. The summed E-state index contributed by atoms with van der Waals surface area (Å²) in [5.74, 6) is -4.84. The van der Waals surface area contributed by atoms with Gasteiger partial charge in [0.05, 0.1) is 29.1 Å². The molecule has 8 nitrogen and oxygen atoms in total. The molecule has 2 aromatic carbocycles. The second kappa shape index (κ2) is 10.1. The van der Waals surface area contributed by atoms with Gasteiger partial charge in [-0.05, 0) is 60.0 Å². The number of nitrogens with one attached hydrogen (secondary N) is 1. The predicted molar refractivity (Wildman–Crippen MR) is 136 cm³/mol. The van der Waals surface area contributed by atoms with Crippen molar-refractivity contribution in [1.29, 1.82) is 0 Å². The number of hydrogen-bond acceptors (Lipinski definition) is 7. The van der Waals surface area contributed by atoms with Crippen molar-refractivity contribution in [1.82, 2.24) is 19.8 Å². The van der Waals surface area contributed by atoms with Gasteiger partial charge in [0.25, 0.3) is 11.8 Å². The molecule has 38 heavy (non-hydrogen) atoms. The summed E-state index contributed by atoms with van der Waals surface area (Å²) in [5.41, 5.74) is 7.39. The molecule has 5 rings (SSSR count). The van der Waals surface area contributed by atoms with Gasteiger partial charge in [-0.25, -0.2) is 21.6 Å². The first-order valence-corrected chi connectivity index (χ1v) is 13.8. The minimum absolute atomic E-state index is 0.0274. The molecule has 0 bridgehead atoms. The van der Waals surface area contributed by atoms with E-state index in [4.69, 9.17) is 21.8 Å². The number of hydrogen-bond donors (Lipinski definition) is 2. The van der Waals surface area contributed by atoms with Crippen LogP contribution in [0.5, 0.6) is 0 Å². The summed E-state index contributed by atoms with van der Waals surface area (Å²) in [6, 6.07) is 9.17. The van der Waals surface area contributed by atoms with Crippen molar-refractivity contribution in [3.8, 4) is 11.5 Å². The molecule has 202 valence electrons. The van der Waals surface area contributed by atoms with Crippen molar-refractivity contribution in [3.63, 3.8) is 0 Å². The Balaban J connectivity index is 1.55. The Morgan fingerprint density at radius 3 is 2.66 bits per heavy atom. The first kappa shape index (κ1) is 26.8. The van der Waals surface area contributed by atoms with Crippen LogP contribution in [0.4, 0.5) is 13.2 Å². The Bertz CT molecular complexity index is 1490. The number of benzene rings is 2. The van der Waals surface area contributed by atoms with Gasteiger partial charge in [0.15, 0.2) is 0 Å². The predicted octanol–water partition coefficient (Wildman–Crippen LogP) is 4.18. The molecule has 3 N–H and O–H groups in total. The molecule has 2 atom stereocenters. The van der Waals surface area contributed by atoms with Crippen LogP contribution in [0.2, 0.25) is 5.02 Å². The molecule has 1 aromatic heterocycles. The fourth-order valence-electron chi connectivity index (χ4n) is 4.86. The van der Waals surface area contributed by atoms with Gasteiger partial charge in [0.2, 0.25) is 15.9 Å². The standard InChI is InChI=1S/C25H25ClF3N5O3S/c1-2-34-12-16(11-25(28,29)13-34)23-31-32-24(37-23)19-9-18-15(7-14-3-5-17(26)6-4-14)8-22(30)33-38(35,36)21(18)10-20(19)27/h3-6,8-10,16,22,33H,2,7,11-13,30H2,1H3/t16?,22-/m1/s1. The number of likely N-dealkylation sites (tertiary alicyclic amines) is 1. The third-order valence-electron chi connectivity index (χ3n) is 6.63. The molecule has 3 aromatic rings. The summed E-state index contributed by atoms with van der Waals surface area (Å²) in [7, 11) is -4.16. The molecule has 1 unspecified atom stereocenters. The van der Waals surface area contributed by atoms with E-state index in [0.717, 1.165) is 11.6 Å².